The van der Waals surface area contributed by atoms with E-state index in [1.165, 1.54) is 0 Å². The molecule has 1 aliphatic carbocycles. The van der Waals surface area contributed by atoms with Crippen LogP contribution >= 0.6 is 11.3 Å². The number of benzene rings is 1. The molecule has 1 saturated carbocycles. The van der Waals surface area contributed by atoms with Crippen LogP contribution in [0, 0.1) is 0 Å². The Morgan fingerprint density at radius 1 is 1.25 bits per heavy atom. The average molecular weight is 414 g/mol. The van der Waals surface area contributed by atoms with Gasteiger partial charge in [-0.05, 0) is 0 Å². The summed E-state index contributed by atoms with van der Waals surface area (Å²) in [5.41, 5.74) is 0.455. The molecule has 1 heterocycles. The van der Waals surface area contributed by atoms with Gasteiger partial charge >= 0.3 is 150 Å². The van der Waals surface area contributed by atoms with Crippen LogP contribution in [0.25, 0.3) is 0 Å². The molecular weight excluding hydrogens is 400 g/mol. The number of carbonyl (C=O) groups is 1. The van der Waals surface area contributed by atoms with Gasteiger partial charge in [0.2, 0.25) is 0 Å². The van der Waals surface area contributed by atoms with Crippen molar-refractivity contribution < 1.29 is 18.0 Å². The molecule has 0 aliphatic heterocycles. The number of anilines is 1. The summed E-state index contributed by atoms with van der Waals surface area (Å²) in [5.74, 6) is -0.411. The summed E-state index contributed by atoms with van der Waals surface area (Å²) < 4.78 is 39.3. The zero-order valence-corrected chi connectivity index (χ0v) is 15.3. The first-order valence-electron chi connectivity index (χ1n) is 7.53. The van der Waals surface area contributed by atoms with Crippen molar-refractivity contribution in [1.82, 2.24) is 4.98 Å². The van der Waals surface area contributed by atoms with Gasteiger partial charge < -0.3 is 0 Å². The van der Waals surface area contributed by atoms with Gasteiger partial charge in [0.05, 0.1) is 0 Å². The second-order valence-electron chi connectivity index (χ2n) is 5.69. The Bertz CT molecular complexity index is 754. The van der Waals surface area contributed by atoms with Crippen LogP contribution in [0.4, 0.5) is 18.9 Å². The SMILES string of the molecule is O=C(Nc1ccccc1C1CCCC1)c1sc([As])nc1C(F)(F)F. The molecule has 3 rings (SSSR count). The predicted molar refractivity (Wildman–Crippen MR) is 88.1 cm³/mol. The number of halogens is 3. The van der Waals surface area contributed by atoms with Crippen LogP contribution < -0.4 is 9.11 Å². The number of aromatic nitrogens is 1. The number of nitrogens with zero attached hydrogens (tertiary/aromatic N) is 1. The number of para-hydroxylation sites is 1. The fourth-order valence-electron chi connectivity index (χ4n) is 3.04. The van der Waals surface area contributed by atoms with E-state index >= 15 is 0 Å². The molecule has 3 nitrogen and oxygen atoms in total. The molecule has 0 saturated heterocycles. The minimum atomic E-state index is -4.65. The van der Waals surface area contributed by atoms with Crippen LogP contribution in [0.2, 0.25) is 0 Å². The quantitative estimate of drug-likeness (QED) is 0.776. The van der Waals surface area contributed by atoms with E-state index in [1.54, 1.807) is 12.1 Å². The summed E-state index contributed by atoms with van der Waals surface area (Å²) in [6, 6.07) is 7.33. The zero-order chi connectivity index (χ0) is 17.3. The molecule has 1 N–H and O–H groups in total. The fraction of sp³-hybridized carbons (Fsp3) is 0.375. The molecule has 24 heavy (non-hydrogen) atoms. The summed E-state index contributed by atoms with van der Waals surface area (Å²) in [6.07, 6.45) is -0.295. The third-order valence-electron chi connectivity index (χ3n) is 4.09. The Hall–Kier alpha value is -1.33. The third kappa shape index (κ3) is 3.67. The van der Waals surface area contributed by atoms with Crippen molar-refractivity contribution in [3.8, 4) is 0 Å². The van der Waals surface area contributed by atoms with Gasteiger partial charge in [0.1, 0.15) is 0 Å². The van der Waals surface area contributed by atoms with Crippen molar-refractivity contribution in [1.29, 1.82) is 0 Å². The molecule has 2 radical (unpaired) electrons. The second-order valence-corrected chi connectivity index (χ2v) is 8.24. The van der Waals surface area contributed by atoms with Crippen molar-refractivity contribution in [3.63, 3.8) is 0 Å². The van der Waals surface area contributed by atoms with Gasteiger partial charge in [-0.15, -0.1) is 0 Å². The Labute approximate surface area is 150 Å². The number of alkyl halides is 3. The first-order chi connectivity index (χ1) is 11.4. The minimum absolute atomic E-state index is 0.157. The van der Waals surface area contributed by atoms with Gasteiger partial charge in [-0.3, -0.25) is 0 Å². The van der Waals surface area contributed by atoms with Gasteiger partial charge in [0.15, 0.2) is 0 Å². The standard InChI is InChI=1S/C16H14AsF3N2OS/c17-15-22-13(16(18,19)20)12(24-15)14(23)21-11-8-4-3-7-10(11)9-5-1-2-6-9/h3-4,7-9H,1-2,5-6H2,(H,21,23). The number of nitrogens with one attached hydrogen (secondary N) is 1. The van der Waals surface area contributed by atoms with E-state index in [9.17, 15) is 18.0 Å². The van der Waals surface area contributed by atoms with Gasteiger partial charge in [0.25, 0.3) is 0 Å². The molecule has 0 bridgehead atoms. The molecular formula is C16H14AsF3N2OS. The first kappa shape index (κ1) is 17.5. The van der Waals surface area contributed by atoms with Crippen LogP contribution in [0.3, 0.4) is 0 Å². The molecule has 1 fully saturated rings. The Balaban J connectivity index is 1.89. The molecule has 126 valence electrons. The summed E-state index contributed by atoms with van der Waals surface area (Å²) in [6.45, 7) is 0. The van der Waals surface area contributed by atoms with Crippen LogP contribution in [0.15, 0.2) is 24.3 Å². The topological polar surface area (TPSA) is 42.0 Å². The summed E-state index contributed by atoms with van der Waals surface area (Å²) >= 11 is 2.69. The number of amides is 1. The van der Waals surface area contributed by atoms with Crippen molar-refractivity contribution in [3.05, 3.63) is 40.4 Å². The Kier molecular flexibility index (Phi) is 5.02. The van der Waals surface area contributed by atoms with Gasteiger partial charge in [0, 0.05) is 0 Å². The van der Waals surface area contributed by atoms with Crippen molar-refractivity contribution in [2.45, 2.75) is 37.8 Å². The third-order valence-corrected chi connectivity index (χ3v) is 5.74. The van der Waals surface area contributed by atoms with Crippen molar-refractivity contribution in [2.24, 2.45) is 0 Å². The molecule has 1 aliphatic rings. The number of rotatable bonds is 3. The number of hydrogen-bond acceptors (Lipinski definition) is 3. The van der Waals surface area contributed by atoms with Crippen LogP contribution in [0.1, 0.15) is 52.5 Å². The Morgan fingerprint density at radius 3 is 2.58 bits per heavy atom. The van der Waals surface area contributed by atoms with E-state index in [2.05, 4.69) is 10.3 Å². The molecule has 1 aromatic carbocycles. The van der Waals surface area contributed by atoms with E-state index in [0.717, 1.165) is 42.6 Å². The van der Waals surface area contributed by atoms with E-state index in [1.807, 2.05) is 29.0 Å². The normalized spacial score (nSPS) is 15.7. The molecule has 1 aromatic heterocycles. The molecule has 0 unspecified atom stereocenters. The number of hydrogen-bond donors (Lipinski definition) is 1. The van der Waals surface area contributed by atoms with E-state index in [-0.39, 0.29) is 3.80 Å². The zero-order valence-electron chi connectivity index (χ0n) is 12.6. The molecule has 1 amide bonds. The molecule has 8 heteroatoms. The summed E-state index contributed by atoms with van der Waals surface area (Å²) in [5, 5.41) is 2.65. The summed E-state index contributed by atoms with van der Waals surface area (Å²) in [4.78, 5) is 15.5. The van der Waals surface area contributed by atoms with E-state index in [4.69, 9.17) is 0 Å². The summed E-state index contributed by atoms with van der Waals surface area (Å²) in [7, 11) is 0. The maximum atomic E-state index is 13.0. The van der Waals surface area contributed by atoms with E-state index in [0.29, 0.717) is 11.6 Å². The fourth-order valence-corrected chi connectivity index (χ4v) is 4.54. The maximum absolute atomic E-state index is 13.0. The van der Waals surface area contributed by atoms with Gasteiger partial charge in [-0.2, -0.15) is 0 Å². The van der Waals surface area contributed by atoms with Crippen LogP contribution in [-0.4, -0.2) is 27.7 Å². The van der Waals surface area contributed by atoms with Gasteiger partial charge in [-0.1, -0.05) is 0 Å². The monoisotopic (exact) mass is 414 g/mol. The van der Waals surface area contributed by atoms with Gasteiger partial charge in [-0.25, -0.2) is 0 Å². The van der Waals surface area contributed by atoms with Crippen molar-refractivity contribution in [2.75, 3.05) is 5.32 Å². The molecule has 0 atom stereocenters. The average Bonchev–Trinajstić information content (AvgIpc) is 3.16. The van der Waals surface area contributed by atoms with Crippen LogP contribution in [0.5, 0.6) is 0 Å². The van der Waals surface area contributed by atoms with E-state index < -0.39 is 22.7 Å². The molecule has 0 spiro atoms. The second kappa shape index (κ2) is 6.88. The number of carbonyl (C=O) groups excluding carboxylic acids is 1. The van der Waals surface area contributed by atoms with Crippen LogP contribution in [-0.2, 0) is 6.18 Å². The predicted octanol–water partition coefficient (Wildman–Crippen LogP) is 3.87. The molecule has 2 aromatic rings. The van der Waals surface area contributed by atoms with Crippen molar-refractivity contribution >= 4 is 43.6 Å². The number of thiazole rings is 1. The Morgan fingerprint density at radius 2 is 1.92 bits per heavy atom. The first-order valence-corrected chi connectivity index (χ1v) is 9.29.